The van der Waals surface area contributed by atoms with E-state index >= 15 is 0 Å². The molecule has 0 saturated heterocycles. The normalized spacial score (nSPS) is 12.9. The maximum Gasteiger partial charge on any atom is 0.129 e. The summed E-state index contributed by atoms with van der Waals surface area (Å²) in [6.45, 7) is 8.05. The molecule has 3 heteroatoms. The van der Waals surface area contributed by atoms with Crippen molar-refractivity contribution in [2.24, 2.45) is 5.92 Å². The van der Waals surface area contributed by atoms with E-state index in [1.165, 1.54) is 6.07 Å². The molecule has 1 aromatic carbocycles. The topological polar surface area (TPSA) is 12.0 Å². The Morgan fingerprint density at radius 3 is 2.32 bits per heavy atom. The highest BCUT2D eigenvalue weighted by Crippen LogP contribution is 2.31. The highest BCUT2D eigenvalue weighted by atomic mass is 19.1. The van der Waals surface area contributed by atoms with Gasteiger partial charge in [-0.25, -0.2) is 8.78 Å². The van der Waals surface area contributed by atoms with Gasteiger partial charge < -0.3 is 5.32 Å². The molecule has 19 heavy (non-hydrogen) atoms. The second kappa shape index (κ2) is 8.26. The molecule has 0 aliphatic rings. The maximum absolute atomic E-state index is 14.0. The van der Waals surface area contributed by atoms with Gasteiger partial charge in [-0.1, -0.05) is 39.7 Å². The van der Waals surface area contributed by atoms with Crippen molar-refractivity contribution in [2.45, 2.75) is 46.0 Å². The number of hydrogen-bond acceptors (Lipinski definition) is 1. The average molecular weight is 269 g/mol. The fourth-order valence-electron chi connectivity index (χ4n) is 2.62. The van der Waals surface area contributed by atoms with Crippen LogP contribution in [0, 0.1) is 17.6 Å². The molecule has 1 atom stereocenters. The lowest BCUT2D eigenvalue weighted by Gasteiger charge is -2.26. The van der Waals surface area contributed by atoms with E-state index in [2.05, 4.69) is 26.1 Å². The molecular weight excluding hydrogens is 244 g/mol. The van der Waals surface area contributed by atoms with Crippen LogP contribution in [0.1, 0.15) is 51.5 Å². The summed E-state index contributed by atoms with van der Waals surface area (Å²) in [6, 6.07) is 3.94. The molecule has 1 aromatic rings. The Kier molecular flexibility index (Phi) is 7.00. The van der Waals surface area contributed by atoms with Gasteiger partial charge in [-0.05, 0) is 30.5 Å². The Hall–Kier alpha value is -0.960. The number of benzene rings is 1. The molecule has 0 heterocycles. The second-order valence-electron chi connectivity index (χ2n) is 5.05. The summed E-state index contributed by atoms with van der Waals surface area (Å²) >= 11 is 0. The first-order chi connectivity index (χ1) is 9.13. The van der Waals surface area contributed by atoms with Crippen molar-refractivity contribution in [2.75, 3.05) is 13.1 Å². The van der Waals surface area contributed by atoms with Gasteiger partial charge in [0.25, 0.3) is 0 Å². The molecule has 0 radical (unpaired) electrons. The predicted molar refractivity (Wildman–Crippen MR) is 76.3 cm³/mol. The third-order valence-corrected chi connectivity index (χ3v) is 3.77. The van der Waals surface area contributed by atoms with Crippen LogP contribution in [0.25, 0.3) is 0 Å². The molecule has 108 valence electrons. The van der Waals surface area contributed by atoms with E-state index in [0.29, 0.717) is 11.5 Å². The molecule has 0 aliphatic heterocycles. The molecule has 0 aliphatic carbocycles. The zero-order chi connectivity index (χ0) is 14.3. The molecule has 1 nitrogen and oxygen atoms in total. The summed E-state index contributed by atoms with van der Waals surface area (Å²) in [6.07, 6.45) is 3.07. The third kappa shape index (κ3) is 4.57. The van der Waals surface area contributed by atoms with E-state index in [9.17, 15) is 8.78 Å². The SMILES string of the molecule is CCCNCC(c1ccc(F)cc1F)C(CC)CC. The zero-order valence-corrected chi connectivity index (χ0v) is 12.2. The second-order valence-corrected chi connectivity index (χ2v) is 5.05. The Morgan fingerprint density at radius 2 is 1.79 bits per heavy atom. The predicted octanol–water partition coefficient (Wildman–Crippen LogP) is 4.48. The van der Waals surface area contributed by atoms with Crippen LogP contribution >= 0.6 is 0 Å². The van der Waals surface area contributed by atoms with Crippen molar-refractivity contribution in [3.63, 3.8) is 0 Å². The molecule has 1 unspecified atom stereocenters. The number of rotatable bonds is 8. The first kappa shape index (κ1) is 16.1. The van der Waals surface area contributed by atoms with Crippen LogP contribution in [0.15, 0.2) is 18.2 Å². The maximum atomic E-state index is 14.0. The lowest BCUT2D eigenvalue weighted by molar-refractivity contribution is 0.369. The Labute approximate surface area is 115 Å². The van der Waals surface area contributed by atoms with Crippen molar-refractivity contribution in [1.29, 1.82) is 0 Å². The summed E-state index contributed by atoms with van der Waals surface area (Å²) in [5, 5.41) is 3.36. The van der Waals surface area contributed by atoms with Gasteiger partial charge in [0.05, 0.1) is 0 Å². The minimum atomic E-state index is -0.508. The first-order valence-electron chi connectivity index (χ1n) is 7.29. The summed E-state index contributed by atoms with van der Waals surface area (Å²) < 4.78 is 27.0. The number of nitrogens with one attached hydrogen (secondary N) is 1. The quantitative estimate of drug-likeness (QED) is 0.686. The highest BCUT2D eigenvalue weighted by Gasteiger charge is 2.23. The largest absolute Gasteiger partial charge is 0.316 e. The minimum absolute atomic E-state index is 0.113. The number of halogens is 2. The number of hydrogen-bond donors (Lipinski definition) is 1. The third-order valence-electron chi connectivity index (χ3n) is 3.77. The fraction of sp³-hybridized carbons (Fsp3) is 0.625. The summed E-state index contributed by atoms with van der Waals surface area (Å²) in [7, 11) is 0. The molecule has 0 spiro atoms. The van der Waals surface area contributed by atoms with Crippen LogP contribution in [0.2, 0.25) is 0 Å². The van der Waals surface area contributed by atoms with Gasteiger partial charge >= 0.3 is 0 Å². The Morgan fingerprint density at radius 1 is 1.11 bits per heavy atom. The van der Waals surface area contributed by atoms with E-state index in [1.54, 1.807) is 6.07 Å². The van der Waals surface area contributed by atoms with Gasteiger partial charge in [0.1, 0.15) is 11.6 Å². The first-order valence-corrected chi connectivity index (χ1v) is 7.29. The van der Waals surface area contributed by atoms with E-state index in [4.69, 9.17) is 0 Å². The zero-order valence-electron chi connectivity index (χ0n) is 12.2. The molecule has 0 aromatic heterocycles. The Bertz CT molecular complexity index is 375. The van der Waals surface area contributed by atoms with Crippen LogP contribution in [-0.4, -0.2) is 13.1 Å². The summed E-state index contributed by atoms with van der Waals surface area (Å²) in [5.41, 5.74) is 0.638. The van der Waals surface area contributed by atoms with Gasteiger partial charge in [-0.15, -0.1) is 0 Å². The van der Waals surface area contributed by atoms with Crippen molar-refractivity contribution in [3.8, 4) is 0 Å². The molecule has 0 saturated carbocycles. The van der Waals surface area contributed by atoms with Crippen LogP contribution < -0.4 is 5.32 Å². The van der Waals surface area contributed by atoms with Gasteiger partial charge in [0.2, 0.25) is 0 Å². The van der Waals surface area contributed by atoms with E-state index in [-0.39, 0.29) is 5.92 Å². The molecule has 1 N–H and O–H groups in total. The molecule has 1 rings (SSSR count). The lowest BCUT2D eigenvalue weighted by Crippen LogP contribution is -2.27. The molecule has 0 amide bonds. The Balaban J connectivity index is 2.93. The van der Waals surface area contributed by atoms with Crippen molar-refractivity contribution in [3.05, 3.63) is 35.4 Å². The average Bonchev–Trinajstić information content (AvgIpc) is 2.39. The molecular formula is C16H25F2N. The smallest absolute Gasteiger partial charge is 0.129 e. The summed E-state index contributed by atoms with van der Waals surface area (Å²) in [5.74, 6) is -0.396. The van der Waals surface area contributed by atoms with E-state index in [0.717, 1.165) is 38.4 Å². The van der Waals surface area contributed by atoms with E-state index < -0.39 is 11.6 Å². The van der Waals surface area contributed by atoms with Crippen molar-refractivity contribution in [1.82, 2.24) is 5.32 Å². The standard InChI is InChI=1S/C16H25F2N/c1-4-9-19-11-15(12(5-2)6-3)14-8-7-13(17)10-16(14)18/h7-8,10,12,15,19H,4-6,9,11H2,1-3H3. The van der Waals surface area contributed by atoms with Crippen molar-refractivity contribution >= 4 is 0 Å². The van der Waals surface area contributed by atoms with Gasteiger partial charge in [0.15, 0.2) is 0 Å². The summed E-state index contributed by atoms with van der Waals surface area (Å²) in [4.78, 5) is 0. The van der Waals surface area contributed by atoms with Gasteiger partial charge in [0, 0.05) is 18.5 Å². The highest BCUT2D eigenvalue weighted by molar-refractivity contribution is 5.24. The van der Waals surface area contributed by atoms with Crippen LogP contribution in [-0.2, 0) is 0 Å². The monoisotopic (exact) mass is 269 g/mol. The lowest BCUT2D eigenvalue weighted by atomic mass is 9.82. The van der Waals surface area contributed by atoms with Crippen LogP contribution in [0.3, 0.4) is 0 Å². The minimum Gasteiger partial charge on any atom is -0.316 e. The van der Waals surface area contributed by atoms with E-state index in [1.807, 2.05) is 0 Å². The van der Waals surface area contributed by atoms with Gasteiger partial charge in [-0.3, -0.25) is 0 Å². The van der Waals surface area contributed by atoms with Crippen LogP contribution in [0.5, 0.6) is 0 Å². The molecule has 0 fully saturated rings. The van der Waals surface area contributed by atoms with Crippen LogP contribution in [0.4, 0.5) is 8.78 Å². The molecule has 0 bridgehead atoms. The van der Waals surface area contributed by atoms with Crippen molar-refractivity contribution < 1.29 is 8.78 Å². The van der Waals surface area contributed by atoms with Gasteiger partial charge in [-0.2, -0.15) is 0 Å². The fourth-order valence-corrected chi connectivity index (χ4v) is 2.62.